The smallest absolute Gasteiger partial charge is 0.0730 e. The number of halogens is 1. The van der Waals surface area contributed by atoms with Crippen LogP contribution < -0.4 is 5.73 Å². The van der Waals surface area contributed by atoms with Gasteiger partial charge in [0.1, 0.15) is 0 Å². The molecule has 4 heteroatoms. The largest absolute Gasteiger partial charge is 0.319 e. The molecule has 0 fully saturated rings. The van der Waals surface area contributed by atoms with Crippen molar-refractivity contribution in [3.05, 3.63) is 82.6 Å². The molecule has 1 heterocycles. The van der Waals surface area contributed by atoms with Gasteiger partial charge in [0.25, 0.3) is 0 Å². The quantitative estimate of drug-likeness (QED) is 0.797. The number of benzene rings is 2. The van der Waals surface area contributed by atoms with Crippen molar-refractivity contribution in [1.29, 1.82) is 0 Å². The normalized spacial score (nSPS) is 12.3. The predicted octanol–water partition coefficient (Wildman–Crippen LogP) is 3.88. The van der Waals surface area contributed by atoms with E-state index < -0.39 is 0 Å². The van der Waals surface area contributed by atoms with Gasteiger partial charge in [-0.3, -0.25) is 0 Å². The van der Waals surface area contributed by atoms with Gasteiger partial charge in [-0.25, -0.2) is 4.68 Å². The molecule has 0 radical (unpaired) electrons. The van der Waals surface area contributed by atoms with Crippen LogP contribution in [0.4, 0.5) is 0 Å². The fraction of sp³-hybridized carbons (Fsp3) is 0.118. The van der Waals surface area contributed by atoms with E-state index in [-0.39, 0.29) is 6.04 Å². The standard InChI is InChI=1S/C17H16ClN3/c1-12-11-13(18)7-8-15(12)17(19)16-9-10-20-21(16)14-5-3-2-4-6-14/h2-11,17H,19H2,1H3. The highest BCUT2D eigenvalue weighted by Crippen LogP contribution is 2.26. The first-order valence-corrected chi connectivity index (χ1v) is 7.15. The molecule has 3 rings (SSSR count). The minimum Gasteiger partial charge on any atom is -0.319 e. The predicted molar refractivity (Wildman–Crippen MR) is 85.8 cm³/mol. The minimum atomic E-state index is -0.245. The van der Waals surface area contributed by atoms with Crippen molar-refractivity contribution in [3.63, 3.8) is 0 Å². The van der Waals surface area contributed by atoms with E-state index in [9.17, 15) is 0 Å². The summed E-state index contributed by atoms with van der Waals surface area (Å²) in [5, 5.41) is 5.11. The van der Waals surface area contributed by atoms with E-state index in [0.717, 1.165) is 27.5 Å². The lowest BCUT2D eigenvalue weighted by atomic mass is 9.99. The van der Waals surface area contributed by atoms with E-state index in [0.29, 0.717) is 0 Å². The van der Waals surface area contributed by atoms with Crippen LogP contribution in [0.2, 0.25) is 5.02 Å². The van der Waals surface area contributed by atoms with Gasteiger partial charge >= 0.3 is 0 Å². The molecule has 2 aromatic carbocycles. The summed E-state index contributed by atoms with van der Waals surface area (Å²) in [6.45, 7) is 2.02. The van der Waals surface area contributed by atoms with Crippen molar-refractivity contribution >= 4 is 11.6 Å². The average molecular weight is 298 g/mol. The third-order valence-corrected chi connectivity index (χ3v) is 3.79. The zero-order chi connectivity index (χ0) is 14.8. The summed E-state index contributed by atoms with van der Waals surface area (Å²) in [6, 6.07) is 17.5. The van der Waals surface area contributed by atoms with Crippen LogP contribution in [0.3, 0.4) is 0 Å². The first kappa shape index (κ1) is 13.9. The van der Waals surface area contributed by atoms with Crippen LogP contribution in [0.15, 0.2) is 60.8 Å². The van der Waals surface area contributed by atoms with Crippen LogP contribution in [-0.4, -0.2) is 9.78 Å². The van der Waals surface area contributed by atoms with Gasteiger partial charge < -0.3 is 5.73 Å². The van der Waals surface area contributed by atoms with Crippen molar-refractivity contribution in [3.8, 4) is 5.69 Å². The number of rotatable bonds is 3. The van der Waals surface area contributed by atoms with E-state index in [1.165, 1.54) is 0 Å². The fourth-order valence-corrected chi connectivity index (χ4v) is 2.71. The lowest BCUT2D eigenvalue weighted by Crippen LogP contribution is -2.17. The maximum atomic E-state index is 6.45. The lowest BCUT2D eigenvalue weighted by molar-refractivity contribution is 0.736. The Kier molecular flexibility index (Phi) is 3.78. The summed E-state index contributed by atoms with van der Waals surface area (Å²) in [6.07, 6.45) is 1.77. The molecule has 2 N–H and O–H groups in total. The summed E-state index contributed by atoms with van der Waals surface area (Å²) in [5.74, 6) is 0. The van der Waals surface area contributed by atoms with Crippen LogP contribution in [-0.2, 0) is 0 Å². The van der Waals surface area contributed by atoms with Gasteiger partial charge in [0, 0.05) is 11.2 Å². The third kappa shape index (κ3) is 2.71. The molecule has 0 aliphatic rings. The highest BCUT2D eigenvalue weighted by molar-refractivity contribution is 6.30. The van der Waals surface area contributed by atoms with E-state index in [2.05, 4.69) is 5.10 Å². The van der Waals surface area contributed by atoms with E-state index >= 15 is 0 Å². The number of nitrogens with two attached hydrogens (primary N) is 1. The zero-order valence-electron chi connectivity index (χ0n) is 11.7. The van der Waals surface area contributed by atoms with Gasteiger partial charge in [0.05, 0.1) is 17.4 Å². The van der Waals surface area contributed by atoms with Crippen molar-refractivity contribution in [2.75, 3.05) is 0 Å². The van der Waals surface area contributed by atoms with Gasteiger partial charge in [-0.15, -0.1) is 0 Å². The van der Waals surface area contributed by atoms with E-state index in [4.69, 9.17) is 17.3 Å². The molecule has 0 aliphatic heterocycles. The van der Waals surface area contributed by atoms with Crippen LogP contribution >= 0.6 is 11.6 Å². The van der Waals surface area contributed by atoms with Crippen LogP contribution in [0.5, 0.6) is 0 Å². The molecule has 0 bridgehead atoms. The first-order chi connectivity index (χ1) is 10.2. The highest BCUT2D eigenvalue weighted by atomic mass is 35.5. The van der Waals surface area contributed by atoms with Crippen molar-refractivity contribution in [1.82, 2.24) is 9.78 Å². The molecule has 0 aliphatic carbocycles. The molecule has 1 unspecified atom stereocenters. The lowest BCUT2D eigenvalue weighted by Gasteiger charge is -2.17. The maximum absolute atomic E-state index is 6.45. The molecular formula is C17H16ClN3. The molecule has 1 aromatic heterocycles. The second-order valence-electron chi connectivity index (χ2n) is 4.98. The summed E-state index contributed by atoms with van der Waals surface area (Å²) in [5.41, 5.74) is 10.5. The Morgan fingerprint density at radius 3 is 2.57 bits per heavy atom. The van der Waals surface area contributed by atoms with Gasteiger partial charge in [0.15, 0.2) is 0 Å². The second kappa shape index (κ2) is 5.72. The number of hydrogen-bond donors (Lipinski definition) is 1. The maximum Gasteiger partial charge on any atom is 0.0730 e. The zero-order valence-corrected chi connectivity index (χ0v) is 12.5. The number of nitrogens with zero attached hydrogens (tertiary/aromatic N) is 2. The molecule has 1 atom stereocenters. The monoisotopic (exact) mass is 297 g/mol. The first-order valence-electron chi connectivity index (χ1n) is 6.78. The third-order valence-electron chi connectivity index (χ3n) is 3.56. The van der Waals surface area contributed by atoms with E-state index in [1.54, 1.807) is 6.20 Å². The van der Waals surface area contributed by atoms with Crippen LogP contribution in [0, 0.1) is 6.92 Å². The van der Waals surface area contributed by atoms with Gasteiger partial charge in [-0.05, 0) is 48.4 Å². The Hall–Kier alpha value is -2.10. The summed E-state index contributed by atoms with van der Waals surface area (Å²) < 4.78 is 1.87. The molecule has 106 valence electrons. The van der Waals surface area contributed by atoms with Gasteiger partial charge in [0.2, 0.25) is 0 Å². The molecule has 3 nitrogen and oxygen atoms in total. The minimum absolute atomic E-state index is 0.245. The van der Waals surface area contributed by atoms with E-state index in [1.807, 2.05) is 66.2 Å². The number of hydrogen-bond acceptors (Lipinski definition) is 2. The average Bonchev–Trinajstić information content (AvgIpc) is 2.97. The number of para-hydroxylation sites is 1. The fourth-order valence-electron chi connectivity index (χ4n) is 2.48. The number of aryl methyl sites for hydroxylation is 1. The Labute approximate surface area is 129 Å². The van der Waals surface area contributed by atoms with Crippen molar-refractivity contribution in [2.45, 2.75) is 13.0 Å². The Morgan fingerprint density at radius 1 is 1.10 bits per heavy atom. The number of aromatic nitrogens is 2. The molecule has 0 saturated carbocycles. The van der Waals surface area contributed by atoms with Crippen molar-refractivity contribution < 1.29 is 0 Å². The van der Waals surface area contributed by atoms with Gasteiger partial charge in [-0.1, -0.05) is 35.9 Å². The Balaban J connectivity index is 2.03. The molecule has 21 heavy (non-hydrogen) atoms. The molecule has 0 spiro atoms. The van der Waals surface area contributed by atoms with Crippen LogP contribution in [0.25, 0.3) is 5.69 Å². The van der Waals surface area contributed by atoms with Crippen LogP contribution in [0.1, 0.15) is 22.9 Å². The molecular weight excluding hydrogens is 282 g/mol. The highest BCUT2D eigenvalue weighted by Gasteiger charge is 2.16. The summed E-state index contributed by atoms with van der Waals surface area (Å²) in [7, 11) is 0. The summed E-state index contributed by atoms with van der Waals surface area (Å²) >= 11 is 6.02. The molecule has 3 aromatic rings. The topological polar surface area (TPSA) is 43.8 Å². The second-order valence-corrected chi connectivity index (χ2v) is 5.42. The Bertz CT molecular complexity index is 750. The Morgan fingerprint density at radius 2 is 1.86 bits per heavy atom. The SMILES string of the molecule is Cc1cc(Cl)ccc1C(N)c1ccnn1-c1ccccc1. The summed E-state index contributed by atoms with van der Waals surface area (Å²) in [4.78, 5) is 0. The van der Waals surface area contributed by atoms with Crippen molar-refractivity contribution in [2.24, 2.45) is 5.73 Å². The van der Waals surface area contributed by atoms with Gasteiger partial charge in [-0.2, -0.15) is 5.10 Å². The molecule has 0 amide bonds. The molecule has 0 saturated heterocycles.